The molecular weight excluding hydrogens is 258 g/mol. The highest BCUT2D eigenvalue weighted by atomic mass is 32.2. The summed E-state index contributed by atoms with van der Waals surface area (Å²) in [6.45, 7) is 2.80. The number of hydrogen-bond acceptors (Lipinski definition) is 5. The van der Waals surface area contributed by atoms with E-state index in [1.165, 1.54) is 0 Å². The highest BCUT2D eigenvalue weighted by molar-refractivity contribution is 7.90. The molecule has 1 fully saturated rings. The van der Waals surface area contributed by atoms with Gasteiger partial charge in [-0.2, -0.15) is 9.57 Å². The van der Waals surface area contributed by atoms with E-state index in [-0.39, 0.29) is 12.8 Å². The highest BCUT2D eigenvalue weighted by Gasteiger charge is 2.42. The zero-order valence-corrected chi connectivity index (χ0v) is 11.0. The van der Waals surface area contributed by atoms with Gasteiger partial charge in [-0.25, -0.2) is 8.42 Å². The lowest BCUT2D eigenvalue weighted by molar-refractivity contribution is -0.137. The van der Waals surface area contributed by atoms with Crippen LogP contribution in [0.25, 0.3) is 0 Å². The molecule has 0 aromatic rings. The van der Waals surface area contributed by atoms with Crippen LogP contribution in [-0.4, -0.2) is 42.4 Å². The number of amides is 2. The first-order chi connectivity index (χ1) is 8.38. The van der Waals surface area contributed by atoms with Crippen LogP contribution in [0, 0.1) is 11.3 Å². The summed E-state index contributed by atoms with van der Waals surface area (Å²) in [5.41, 5.74) is 0. The molecule has 1 heterocycles. The lowest BCUT2D eigenvalue weighted by Gasteiger charge is -2.33. The third-order valence-electron chi connectivity index (χ3n) is 2.80. The van der Waals surface area contributed by atoms with E-state index in [9.17, 15) is 18.0 Å². The molecule has 0 radical (unpaired) electrons. The van der Waals surface area contributed by atoms with Crippen LogP contribution in [0.1, 0.15) is 26.7 Å². The van der Waals surface area contributed by atoms with E-state index in [2.05, 4.69) is 5.32 Å². The van der Waals surface area contributed by atoms with Crippen molar-refractivity contribution in [3.8, 4) is 6.07 Å². The van der Waals surface area contributed by atoms with Gasteiger partial charge in [0.05, 0.1) is 12.6 Å². The molecule has 1 N–H and O–H groups in total. The molecule has 0 spiro atoms. The normalized spacial score (nSPS) is 23.3. The van der Waals surface area contributed by atoms with Crippen LogP contribution in [0.2, 0.25) is 0 Å². The molecule has 0 bridgehead atoms. The molecule has 1 rings (SSSR count). The summed E-state index contributed by atoms with van der Waals surface area (Å²) in [4.78, 5) is 22.8. The Morgan fingerprint density at radius 1 is 1.50 bits per heavy atom. The molecule has 100 valence electrons. The van der Waals surface area contributed by atoms with E-state index in [1.54, 1.807) is 19.9 Å². The van der Waals surface area contributed by atoms with E-state index in [0.29, 0.717) is 0 Å². The quantitative estimate of drug-likeness (QED) is 0.685. The van der Waals surface area contributed by atoms with Crippen molar-refractivity contribution in [2.24, 2.45) is 0 Å². The van der Waals surface area contributed by atoms with Gasteiger partial charge in [0, 0.05) is 0 Å². The maximum absolute atomic E-state index is 12.2. The SMILES string of the molecule is CCC1C(=O)NC(=O)CN1S(=O)(=O)C(C#N)CC. The van der Waals surface area contributed by atoms with Crippen LogP contribution in [0.15, 0.2) is 0 Å². The second-order valence-electron chi connectivity index (χ2n) is 3.95. The topological polar surface area (TPSA) is 107 Å². The molecule has 7 nitrogen and oxygen atoms in total. The Kier molecular flexibility index (Phi) is 4.43. The van der Waals surface area contributed by atoms with Gasteiger partial charge in [-0.1, -0.05) is 13.8 Å². The van der Waals surface area contributed by atoms with Crippen LogP contribution < -0.4 is 5.32 Å². The lowest BCUT2D eigenvalue weighted by atomic mass is 10.2. The van der Waals surface area contributed by atoms with Crippen LogP contribution in [0.4, 0.5) is 0 Å². The number of nitrogens with zero attached hydrogens (tertiary/aromatic N) is 2. The number of rotatable bonds is 4. The molecule has 8 heteroatoms. The summed E-state index contributed by atoms with van der Waals surface area (Å²) in [5, 5.41) is 9.70. The van der Waals surface area contributed by atoms with Gasteiger partial charge in [-0.15, -0.1) is 0 Å². The Hall–Kier alpha value is -1.46. The van der Waals surface area contributed by atoms with Crippen LogP contribution in [0.3, 0.4) is 0 Å². The molecule has 1 aliphatic heterocycles. The average molecular weight is 273 g/mol. The molecule has 1 saturated heterocycles. The molecule has 0 aromatic carbocycles. The van der Waals surface area contributed by atoms with E-state index < -0.39 is 39.7 Å². The minimum atomic E-state index is -3.96. The molecule has 18 heavy (non-hydrogen) atoms. The number of nitrogens with one attached hydrogen (secondary N) is 1. The van der Waals surface area contributed by atoms with Gasteiger partial charge in [0.15, 0.2) is 5.25 Å². The second-order valence-corrected chi connectivity index (χ2v) is 6.02. The van der Waals surface area contributed by atoms with Crippen molar-refractivity contribution in [1.29, 1.82) is 5.26 Å². The van der Waals surface area contributed by atoms with Crippen molar-refractivity contribution in [2.75, 3.05) is 6.54 Å². The van der Waals surface area contributed by atoms with Crippen LogP contribution >= 0.6 is 0 Å². The zero-order valence-electron chi connectivity index (χ0n) is 10.2. The summed E-state index contributed by atoms with van der Waals surface area (Å²) in [6, 6.07) is 0.770. The van der Waals surface area contributed by atoms with Crippen molar-refractivity contribution in [2.45, 2.75) is 38.0 Å². The number of imide groups is 1. The number of carbonyl (C=O) groups is 2. The van der Waals surface area contributed by atoms with E-state index in [0.717, 1.165) is 4.31 Å². The van der Waals surface area contributed by atoms with Gasteiger partial charge in [0.25, 0.3) is 0 Å². The zero-order chi connectivity index (χ0) is 13.9. The summed E-state index contributed by atoms with van der Waals surface area (Å²) < 4.78 is 25.2. The third-order valence-corrected chi connectivity index (χ3v) is 5.00. The Morgan fingerprint density at radius 3 is 2.56 bits per heavy atom. The van der Waals surface area contributed by atoms with E-state index >= 15 is 0 Å². The average Bonchev–Trinajstić information content (AvgIpc) is 2.29. The minimum Gasteiger partial charge on any atom is -0.294 e. The first-order valence-electron chi connectivity index (χ1n) is 5.62. The lowest BCUT2D eigenvalue weighted by Crippen LogP contribution is -2.60. The smallest absolute Gasteiger partial charge is 0.245 e. The molecule has 2 atom stereocenters. The summed E-state index contributed by atoms with van der Waals surface area (Å²) >= 11 is 0. The number of nitriles is 1. The Bertz CT molecular complexity index is 494. The number of hydrogen-bond donors (Lipinski definition) is 1. The van der Waals surface area contributed by atoms with Gasteiger partial charge >= 0.3 is 0 Å². The fourth-order valence-corrected chi connectivity index (χ4v) is 3.61. The molecule has 0 aromatic heterocycles. The van der Waals surface area contributed by atoms with Crippen molar-refractivity contribution in [1.82, 2.24) is 9.62 Å². The fourth-order valence-electron chi connectivity index (χ4n) is 1.83. The van der Waals surface area contributed by atoms with Crippen molar-refractivity contribution in [3.63, 3.8) is 0 Å². The molecule has 2 amide bonds. The van der Waals surface area contributed by atoms with Gasteiger partial charge in [-0.05, 0) is 12.8 Å². The predicted molar refractivity (Wildman–Crippen MR) is 62.5 cm³/mol. The Balaban J connectivity index is 3.16. The monoisotopic (exact) mass is 273 g/mol. The second kappa shape index (κ2) is 5.46. The van der Waals surface area contributed by atoms with Gasteiger partial charge in [0.1, 0.15) is 6.04 Å². The number of carbonyl (C=O) groups excluding carboxylic acids is 2. The van der Waals surface area contributed by atoms with Gasteiger partial charge < -0.3 is 0 Å². The maximum atomic E-state index is 12.2. The first-order valence-corrected chi connectivity index (χ1v) is 7.12. The first kappa shape index (κ1) is 14.6. The summed E-state index contributed by atoms with van der Waals surface area (Å²) in [5.74, 6) is -1.30. The molecule has 2 unspecified atom stereocenters. The molecular formula is C10H15N3O4S. The number of sulfonamides is 1. The minimum absolute atomic E-state index is 0.113. The van der Waals surface area contributed by atoms with Crippen LogP contribution in [-0.2, 0) is 19.6 Å². The van der Waals surface area contributed by atoms with Gasteiger partial charge in [0.2, 0.25) is 21.8 Å². The largest absolute Gasteiger partial charge is 0.294 e. The summed E-state index contributed by atoms with van der Waals surface area (Å²) in [6.07, 6.45) is 0.363. The Labute approximate surface area is 106 Å². The molecule has 1 aliphatic rings. The standard InChI is InChI=1S/C10H15N3O4S/c1-3-7(5-11)18(16,17)13-6-9(14)12-10(15)8(13)4-2/h7-8H,3-4,6H2,1-2H3,(H,12,14,15). The highest BCUT2D eigenvalue weighted by Crippen LogP contribution is 2.19. The predicted octanol–water partition coefficient (Wildman–Crippen LogP) is -0.645. The van der Waals surface area contributed by atoms with Crippen LogP contribution in [0.5, 0.6) is 0 Å². The summed E-state index contributed by atoms with van der Waals surface area (Å²) in [7, 11) is -3.96. The fraction of sp³-hybridized carbons (Fsp3) is 0.700. The molecule has 0 aliphatic carbocycles. The van der Waals surface area contributed by atoms with Crippen molar-refractivity contribution >= 4 is 21.8 Å². The van der Waals surface area contributed by atoms with Crippen molar-refractivity contribution in [3.05, 3.63) is 0 Å². The molecule has 0 saturated carbocycles. The van der Waals surface area contributed by atoms with Crippen molar-refractivity contribution < 1.29 is 18.0 Å². The van der Waals surface area contributed by atoms with Gasteiger partial charge in [-0.3, -0.25) is 14.9 Å². The maximum Gasteiger partial charge on any atom is 0.245 e. The van der Waals surface area contributed by atoms with E-state index in [1.807, 2.05) is 0 Å². The third kappa shape index (κ3) is 2.52. The van der Waals surface area contributed by atoms with E-state index in [4.69, 9.17) is 5.26 Å². The number of piperazine rings is 1. The Morgan fingerprint density at radius 2 is 2.11 bits per heavy atom.